The van der Waals surface area contributed by atoms with Crippen LogP contribution in [-0.2, 0) is 19.0 Å². The van der Waals surface area contributed by atoms with Crippen molar-refractivity contribution in [3.05, 3.63) is 83.9 Å². The lowest BCUT2D eigenvalue weighted by Gasteiger charge is -2.36. The monoisotopic (exact) mass is 427 g/mol. The zero-order chi connectivity index (χ0) is 22.9. The number of carboxylic acid groups (broad SMARTS) is 1. The summed E-state index contributed by atoms with van der Waals surface area (Å²) in [5.41, 5.74) is 2.14. The molecule has 1 fully saturated rings. The van der Waals surface area contributed by atoms with Gasteiger partial charge in [0.1, 0.15) is 0 Å². The van der Waals surface area contributed by atoms with E-state index in [1.807, 2.05) is 74.5 Å². The van der Waals surface area contributed by atoms with Crippen molar-refractivity contribution in [3.63, 3.8) is 0 Å². The highest BCUT2D eigenvalue weighted by Crippen LogP contribution is 2.39. The Balaban J connectivity index is 0.000000884. The van der Waals surface area contributed by atoms with E-state index in [4.69, 9.17) is 9.47 Å². The predicted octanol–water partition coefficient (Wildman–Crippen LogP) is 4.85. The summed E-state index contributed by atoms with van der Waals surface area (Å²) >= 11 is 0. The fourth-order valence-electron chi connectivity index (χ4n) is 3.14. The molecular weight excluding hydrogens is 392 g/mol. The summed E-state index contributed by atoms with van der Waals surface area (Å²) in [6.07, 6.45) is 4.76. The maximum absolute atomic E-state index is 10.5. The second-order valence-electron chi connectivity index (χ2n) is 6.83. The largest absolute Gasteiger partial charge is 0.550 e. The van der Waals surface area contributed by atoms with Crippen LogP contribution < -0.4 is 5.11 Å². The Hall–Kier alpha value is -2.47. The topological polar surface area (TPSA) is 67.8 Å². The first kappa shape index (κ1) is 26.6. The van der Waals surface area contributed by atoms with E-state index >= 15 is 0 Å². The van der Waals surface area contributed by atoms with Crippen molar-refractivity contribution in [1.29, 1.82) is 0 Å². The van der Waals surface area contributed by atoms with Crippen LogP contribution in [0.15, 0.2) is 72.8 Å². The van der Waals surface area contributed by atoms with Crippen LogP contribution in [0.4, 0.5) is 0 Å². The Kier molecular flexibility index (Phi) is 13.9. The number of rotatable bonds is 7. The average Bonchev–Trinajstić information content (AvgIpc) is 2.82. The summed E-state index contributed by atoms with van der Waals surface area (Å²) in [6.45, 7) is 4.59. The summed E-state index contributed by atoms with van der Waals surface area (Å²) in [7, 11) is 3.25. The molecule has 170 valence electrons. The van der Waals surface area contributed by atoms with Crippen LogP contribution in [0.3, 0.4) is 0 Å². The molecule has 5 nitrogen and oxygen atoms in total. The van der Waals surface area contributed by atoms with E-state index in [0.717, 1.165) is 17.5 Å². The van der Waals surface area contributed by atoms with Gasteiger partial charge in [-0.15, -0.1) is 0 Å². The van der Waals surface area contributed by atoms with Crippen molar-refractivity contribution in [2.24, 2.45) is 5.92 Å². The number of aliphatic carboxylic acids is 1. The molecule has 0 aliphatic carbocycles. The van der Waals surface area contributed by atoms with Gasteiger partial charge in [0.25, 0.3) is 0 Å². The standard InChI is InChI=1S/C22H24O4.C2H6O.C2H6/c23-20(24)15-9-3-8-14-19-16-25-22(18-12-6-2-7-13-18)26-21(19)17-10-4-1-5-11-17;1-3-2;1-2/h1-8,10-13,19,21-22H,9,14-16H2,(H,23,24);1-2H3;1-2H3/p-1/b8-3-;;/t19-,21-,22?;;/m1../s1. The van der Waals surface area contributed by atoms with Gasteiger partial charge in [-0.05, 0) is 24.8 Å². The molecule has 31 heavy (non-hydrogen) atoms. The Morgan fingerprint density at radius 1 is 1.00 bits per heavy atom. The van der Waals surface area contributed by atoms with E-state index in [-0.39, 0.29) is 24.7 Å². The summed E-state index contributed by atoms with van der Waals surface area (Å²) in [6, 6.07) is 20.1. The van der Waals surface area contributed by atoms with Crippen LogP contribution in [0.5, 0.6) is 0 Å². The van der Waals surface area contributed by atoms with Crippen molar-refractivity contribution in [2.75, 3.05) is 20.8 Å². The van der Waals surface area contributed by atoms with Crippen LogP contribution in [0.25, 0.3) is 0 Å². The van der Waals surface area contributed by atoms with Crippen LogP contribution in [-0.4, -0.2) is 26.8 Å². The fourth-order valence-corrected chi connectivity index (χ4v) is 3.14. The quantitative estimate of drug-likeness (QED) is 0.591. The Labute approximate surface area is 186 Å². The lowest BCUT2D eigenvalue weighted by Crippen LogP contribution is -2.30. The van der Waals surface area contributed by atoms with E-state index < -0.39 is 5.97 Å². The molecule has 0 radical (unpaired) electrons. The zero-order valence-corrected chi connectivity index (χ0v) is 19.0. The van der Waals surface area contributed by atoms with Gasteiger partial charge in [-0.2, -0.15) is 0 Å². The molecule has 2 aromatic carbocycles. The van der Waals surface area contributed by atoms with E-state index in [9.17, 15) is 9.90 Å². The van der Waals surface area contributed by atoms with Gasteiger partial charge in [0, 0.05) is 31.7 Å². The molecule has 0 spiro atoms. The van der Waals surface area contributed by atoms with Gasteiger partial charge in [0.05, 0.1) is 12.7 Å². The zero-order valence-electron chi connectivity index (χ0n) is 19.0. The van der Waals surface area contributed by atoms with Crippen molar-refractivity contribution < 1.29 is 24.1 Å². The molecule has 0 bridgehead atoms. The number of allylic oxidation sites excluding steroid dienone is 2. The van der Waals surface area contributed by atoms with Crippen LogP contribution in [0.2, 0.25) is 0 Å². The summed E-state index contributed by atoms with van der Waals surface area (Å²) in [5.74, 6) is -0.844. The smallest absolute Gasteiger partial charge is 0.184 e. The number of ether oxygens (including phenoxy) is 3. The first-order chi connectivity index (χ1) is 15.2. The lowest BCUT2D eigenvalue weighted by molar-refractivity contribution is -0.305. The molecule has 0 amide bonds. The first-order valence-electron chi connectivity index (χ1n) is 10.8. The molecule has 0 aromatic heterocycles. The molecule has 1 unspecified atom stereocenters. The van der Waals surface area contributed by atoms with E-state index in [1.165, 1.54) is 0 Å². The molecule has 5 heteroatoms. The Morgan fingerprint density at radius 2 is 1.55 bits per heavy atom. The molecule has 0 saturated carbocycles. The highest BCUT2D eigenvalue weighted by atomic mass is 16.7. The molecule has 2 aromatic rings. The molecule has 1 heterocycles. The minimum absolute atomic E-state index is 0.0480. The third kappa shape index (κ3) is 9.92. The highest BCUT2D eigenvalue weighted by Gasteiger charge is 2.33. The number of carbonyl (C=O) groups excluding carboxylic acids is 1. The van der Waals surface area contributed by atoms with Crippen molar-refractivity contribution in [1.82, 2.24) is 0 Å². The average molecular weight is 428 g/mol. The van der Waals surface area contributed by atoms with Gasteiger partial charge in [-0.25, -0.2) is 0 Å². The van der Waals surface area contributed by atoms with Gasteiger partial charge in [0.2, 0.25) is 0 Å². The highest BCUT2D eigenvalue weighted by molar-refractivity contribution is 5.64. The Bertz CT molecular complexity index is 730. The van der Waals surface area contributed by atoms with Crippen molar-refractivity contribution in [3.8, 4) is 0 Å². The summed E-state index contributed by atoms with van der Waals surface area (Å²) in [4.78, 5) is 10.5. The molecule has 1 saturated heterocycles. The third-order valence-electron chi connectivity index (χ3n) is 4.48. The van der Waals surface area contributed by atoms with E-state index in [0.29, 0.717) is 13.0 Å². The number of carbonyl (C=O) groups is 1. The normalized spacial score (nSPS) is 20.2. The second-order valence-corrected chi connectivity index (χ2v) is 6.83. The van der Waals surface area contributed by atoms with Gasteiger partial charge < -0.3 is 24.1 Å². The lowest BCUT2D eigenvalue weighted by atomic mass is 9.92. The first-order valence-corrected chi connectivity index (χ1v) is 10.8. The molecule has 1 aliphatic rings. The van der Waals surface area contributed by atoms with E-state index in [1.54, 1.807) is 14.2 Å². The molecule has 1 aliphatic heterocycles. The fraction of sp³-hybridized carbons (Fsp3) is 0.423. The van der Waals surface area contributed by atoms with Gasteiger partial charge in [-0.3, -0.25) is 0 Å². The van der Waals surface area contributed by atoms with Crippen molar-refractivity contribution in [2.45, 2.75) is 45.5 Å². The van der Waals surface area contributed by atoms with Crippen LogP contribution in [0.1, 0.15) is 56.6 Å². The summed E-state index contributed by atoms with van der Waals surface area (Å²) < 4.78 is 16.5. The second kappa shape index (κ2) is 16.3. The number of methoxy groups -OCH3 is 1. The van der Waals surface area contributed by atoms with Crippen molar-refractivity contribution >= 4 is 5.97 Å². The molecule has 0 N–H and O–H groups in total. The minimum Gasteiger partial charge on any atom is -0.550 e. The van der Waals surface area contributed by atoms with Gasteiger partial charge in [-0.1, -0.05) is 86.7 Å². The number of carboxylic acids is 1. The van der Waals surface area contributed by atoms with Gasteiger partial charge in [0.15, 0.2) is 6.29 Å². The minimum atomic E-state index is -1.02. The third-order valence-corrected chi connectivity index (χ3v) is 4.48. The number of hydrogen-bond donors (Lipinski definition) is 0. The predicted molar refractivity (Wildman–Crippen MR) is 121 cm³/mol. The van der Waals surface area contributed by atoms with Crippen LogP contribution in [0, 0.1) is 5.92 Å². The Morgan fingerprint density at radius 3 is 2.10 bits per heavy atom. The number of hydrogen-bond acceptors (Lipinski definition) is 5. The van der Waals surface area contributed by atoms with E-state index in [2.05, 4.69) is 16.9 Å². The number of benzene rings is 2. The molecule has 3 atom stereocenters. The molecule has 3 rings (SSSR count). The van der Waals surface area contributed by atoms with Crippen LogP contribution >= 0.6 is 0 Å². The SMILES string of the molecule is CC.COC.O=C([O-])CC/C=C\C[C@@H]1COC(c2ccccc2)O[C@@H]1c1ccccc1. The maximum Gasteiger partial charge on any atom is 0.184 e. The van der Waals surface area contributed by atoms with Gasteiger partial charge >= 0.3 is 0 Å². The maximum atomic E-state index is 10.5. The summed E-state index contributed by atoms with van der Waals surface area (Å²) in [5, 5.41) is 10.5. The molecular formula is C26H35O5-.